The Labute approximate surface area is 166 Å². The topological polar surface area (TPSA) is 0 Å². The van der Waals surface area contributed by atoms with Crippen LogP contribution in [0, 0.1) is 0 Å². The molecule has 0 atom stereocenters. The second-order valence-corrected chi connectivity index (χ2v) is 7.18. The van der Waals surface area contributed by atoms with E-state index in [2.05, 4.69) is 109 Å². The molecule has 0 saturated heterocycles. The van der Waals surface area contributed by atoms with Crippen LogP contribution in [0.25, 0.3) is 11.1 Å². The maximum absolute atomic E-state index is 2.18. The van der Waals surface area contributed by atoms with Crippen LogP contribution in [0.2, 0.25) is 0 Å². The van der Waals surface area contributed by atoms with E-state index in [1.807, 2.05) is 23.9 Å². The summed E-state index contributed by atoms with van der Waals surface area (Å²) in [5.41, 5.74) is 5.35. The van der Waals surface area contributed by atoms with Gasteiger partial charge in [-0.3, -0.25) is 0 Å². The number of benzene rings is 4. The summed E-state index contributed by atoms with van der Waals surface area (Å²) < 4.78 is 0. The van der Waals surface area contributed by atoms with Crippen molar-refractivity contribution in [2.75, 3.05) is 0 Å². The molecule has 0 amide bonds. The van der Waals surface area contributed by atoms with Gasteiger partial charge < -0.3 is 0 Å². The Bertz CT molecular complexity index is 795. The van der Waals surface area contributed by atoms with Crippen molar-refractivity contribution in [2.24, 2.45) is 0 Å². The summed E-state index contributed by atoms with van der Waals surface area (Å²) in [6, 6.07) is 42.0. The lowest BCUT2D eigenvalue weighted by molar-refractivity contribution is 1.36. The Morgan fingerprint density at radius 2 is 0.667 bits per heavy atom. The quantitative estimate of drug-likeness (QED) is 0.352. The Hall–Kier alpha value is -2.77. The van der Waals surface area contributed by atoms with Crippen LogP contribution in [0.1, 0.15) is 11.1 Å². The summed E-state index contributed by atoms with van der Waals surface area (Å²) in [6.07, 6.45) is 0. The molecule has 4 rings (SSSR count). The van der Waals surface area contributed by atoms with E-state index in [4.69, 9.17) is 0 Å². The van der Waals surface area contributed by atoms with E-state index in [1.165, 1.54) is 22.3 Å². The molecule has 0 aliphatic rings. The Kier molecular flexibility index (Phi) is 7.78. The summed E-state index contributed by atoms with van der Waals surface area (Å²) in [4.78, 5) is 0. The highest BCUT2D eigenvalue weighted by Gasteiger charge is 1.94. The van der Waals surface area contributed by atoms with Gasteiger partial charge in [0.2, 0.25) is 0 Å². The lowest BCUT2D eigenvalue weighted by Crippen LogP contribution is -1.82. The minimum absolute atomic E-state index is 1.09. The average molecular weight is 369 g/mol. The molecule has 4 aromatic carbocycles. The van der Waals surface area contributed by atoms with Crippen LogP contribution in [0.15, 0.2) is 121 Å². The van der Waals surface area contributed by atoms with E-state index in [9.17, 15) is 0 Å². The second kappa shape index (κ2) is 11.1. The minimum Gasteiger partial charge on any atom is -0.152 e. The molecule has 0 aliphatic heterocycles. The Morgan fingerprint density at radius 3 is 1.00 bits per heavy atom. The highest BCUT2D eigenvalue weighted by atomic mass is 32.2. The van der Waals surface area contributed by atoms with Gasteiger partial charge in [-0.15, -0.1) is 0 Å². The van der Waals surface area contributed by atoms with Crippen molar-refractivity contribution in [2.45, 2.75) is 11.5 Å². The molecule has 0 radical (unpaired) electrons. The molecule has 0 aliphatic carbocycles. The molecule has 4 aromatic rings. The van der Waals surface area contributed by atoms with Crippen LogP contribution in [0.5, 0.6) is 0 Å². The zero-order valence-electron chi connectivity index (χ0n) is 15.4. The molecule has 0 unspecified atom stereocenters. The zero-order valence-corrected chi connectivity index (χ0v) is 16.2. The standard InChI is InChI=1S/C14H14S.C12H10/c1-3-7-13(8-4-1)11-15-12-14-9-5-2-6-10-14;1-3-7-11(8-4-1)12-9-5-2-6-10-12/h1-10H,11-12H2;1-10H. The van der Waals surface area contributed by atoms with Gasteiger partial charge in [0.1, 0.15) is 0 Å². The smallest absolute Gasteiger partial charge is 0.0187 e. The van der Waals surface area contributed by atoms with Crippen molar-refractivity contribution in [3.05, 3.63) is 132 Å². The first kappa shape index (κ1) is 19.0. The first-order valence-electron chi connectivity index (χ1n) is 9.18. The highest BCUT2D eigenvalue weighted by Crippen LogP contribution is 2.18. The van der Waals surface area contributed by atoms with Gasteiger partial charge >= 0.3 is 0 Å². The van der Waals surface area contributed by atoms with Crippen molar-refractivity contribution in [3.8, 4) is 11.1 Å². The number of hydrogen-bond donors (Lipinski definition) is 0. The summed E-state index contributed by atoms with van der Waals surface area (Å²) in [5, 5.41) is 0. The predicted octanol–water partition coefficient (Wildman–Crippen LogP) is 7.47. The third-order valence-corrected chi connectivity index (χ3v) is 5.18. The number of thioether (sulfide) groups is 1. The van der Waals surface area contributed by atoms with Crippen LogP contribution in [-0.4, -0.2) is 0 Å². The van der Waals surface area contributed by atoms with Gasteiger partial charge in [0, 0.05) is 11.5 Å². The maximum atomic E-state index is 2.18. The van der Waals surface area contributed by atoms with Crippen molar-refractivity contribution >= 4 is 11.8 Å². The van der Waals surface area contributed by atoms with Crippen LogP contribution in [0.4, 0.5) is 0 Å². The summed E-state index contributed by atoms with van der Waals surface area (Å²) in [6.45, 7) is 0. The molecule has 0 N–H and O–H groups in total. The van der Waals surface area contributed by atoms with Crippen LogP contribution >= 0.6 is 11.8 Å². The summed E-state index contributed by atoms with van der Waals surface area (Å²) in [7, 11) is 0. The first-order valence-corrected chi connectivity index (χ1v) is 10.3. The highest BCUT2D eigenvalue weighted by molar-refractivity contribution is 7.97. The van der Waals surface area contributed by atoms with Crippen molar-refractivity contribution < 1.29 is 0 Å². The average Bonchev–Trinajstić information content (AvgIpc) is 2.77. The minimum atomic E-state index is 1.09. The van der Waals surface area contributed by atoms with E-state index < -0.39 is 0 Å². The van der Waals surface area contributed by atoms with Gasteiger partial charge in [0.15, 0.2) is 0 Å². The number of hydrogen-bond acceptors (Lipinski definition) is 1. The summed E-state index contributed by atoms with van der Waals surface area (Å²) >= 11 is 1.96. The Morgan fingerprint density at radius 1 is 0.370 bits per heavy atom. The van der Waals surface area contributed by atoms with Crippen molar-refractivity contribution in [1.29, 1.82) is 0 Å². The van der Waals surface area contributed by atoms with Gasteiger partial charge in [-0.05, 0) is 22.3 Å². The molecule has 0 spiro atoms. The molecular formula is C26H24S. The monoisotopic (exact) mass is 368 g/mol. The van der Waals surface area contributed by atoms with E-state index in [1.54, 1.807) is 0 Å². The molecule has 0 heterocycles. The lowest BCUT2D eigenvalue weighted by atomic mass is 10.1. The first-order chi connectivity index (χ1) is 13.4. The third kappa shape index (κ3) is 6.80. The molecule has 0 saturated carbocycles. The third-order valence-electron chi connectivity index (χ3n) is 4.10. The molecule has 0 aromatic heterocycles. The summed E-state index contributed by atoms with van der Waals surface area (Å²) in [5.74, 6) is 2.19. The molecule has 0 bridgehead atoms. The van der Waals surface area contributed by atoms with Gasteiger partial charge in [0.05, 0.1) is 0 Å². The predicted molar refractivity (Wildman–Crippen MR) is 120 cm³/mol. The molecular weight excluding hydrogens is 344 g/mol. The normalized spacial score (nSPS) is 9.93. The SMILES string of the molecule is c1ccc(-c2ccccc2)cc1.c1ccc(CSCc2ccccc2)cc1. The van der Waals surface area contributed by atoms with Gasteiger partial charge in [-0.25, -0.2) is 0 Å². The fraction of sp³-hybridized carbons (Fsp3) is 0.0769. The van der Waals surface area contributed by atoms with Gasteiger partial charge in [-0.2, -0.15) is 11.8 Å². The largest absolute Gasteiger partial charge is 0.152 e. The maximum Gasteiger partial charge on any atom is 0.0187 e. The molecule has 1 heteroatoms. The van der Waals surface area contributed by atoms with Crippen molar-refractivity contribution in [1.82, 2.24) is 0 Å². The van der Waals surface area contributed by atoms with E-state index in [0.29, 0.717) is 0 Å². The molecule has 134 valence electrons. The number of rotatable bonds is 5. The van der Waals surface area contributed by atoms with Gasteiger partial charge in [0.25, 0.3) is 0 Å². The van der Waals surface area contributed by atoms with Crippen LogP contribution in [0.3, 0.4) is 0 Å². The zero-order chi connectivity index (χ0) is 18.6. The second-order valence-electron chi connectivity index (χ2n) is 6.20. The lowest BCUT2D eigenvalue weighted by Gasteiger charge is -2.01. The van der Waals surface area contributed by atoms with Crippen LogP contribution < -0.4 is 0 Å². The van der Waals surface area contributed by atoms with E-state index in [0.717, 1.165) is 11.5 Å². The Balaban J connectivity index is 0.000000159. The van der Waals surface area contributed by atoms with Gasteiger partial charge in [-0.1, -0.05) is 121 Å². The fourth-order valence-corrected chi connectivity index (χ4v) is 3.65. The molecule has 0 fully saturated rings. The van der Waals surface area contributed by atoms with Crippen molar-refractivity contribution in [3.63, 3.8) is 0 Å². The van der Waals surface area contributed by atoms with E-state index >= 15 is 0 Å². The molecule has 27 heavy (non-hydrogen) atoms. The molecule has 0 nitrogen and oxygen atoms in total. The van der Waals surface area contributed by atoms with E-state index in [-0.39, 0.29) is 0 Å². The van der Waals surface area contributed by atoms with Crippen LogP contribution in [-0.2, 0) is 11.5 Å². The fourth-order valence-electron chi connectivity index (χ4n) is 2.70.